The smallest absolute Gasteiger partial charge is 0.271 e. The molecule has 1 saturated heterocycles. The Bertz CT molecular complexity index is 1110. The Morgan fingerprint density at radius 2 is 1.86 bits per heavy atom. The second kappa shape index (κ2) is 8.02. The molecule has 0 radical (unpaired) electrons. The minimum Gasteiger partial charge on any atom is -0.415 e. The van der Waals surface area contributed by atoms with Gasteiger partial charge in [0.05, 0.1) is 31.1 Å². The number of hydrogen-bond donors (Lipinski definition) is 1. The van der Waals surface area contributed by atoms with E-state index in [1.807, 2.05) is 31.2 Å². The largest absolute Gasteiger partial charge is 0.415 e. The molecule has 0 aliphatic carbocycles. The molecule has 0 unspecified atom stereocenters. The van der Waals surface area contributed by atoms with Crippen LogP contribution in [-0.2, 0) is 16.6 Å². The zero-order valence-electron chi connectivity index (χ0n) is 16.0. The van der Waals surface area contributed by atoms with Crippen molar-refractivity contribution in [2.75, 3.05) is 26.2 Å². The van der Waals surface area contributed by atoms with Crippen LogP contribution in [0.1, 0.15) is 11.5 Å². The van der Waals surface area contributed by atoms with Gasteiger partial charge in [0.25, 0.3) is 5.89 Å². The number of hydrogen-bond acceptors (Lipinski definition) is 5. The summed E-state index contributed by atoms with van der Waals surface area (Å²) in [5, 5.41) is 8.25. The molecule has 0 saturated carbocycles. The van der Waals surface area contributed by atoms with E-state index in [0.717, 1.165) is 22.1 Å². The molecule has 9 heteroatoms. The van der Waals surface area contributed by atoms with Gasteiger partial charge in [0, 0.05) is 5.56 Å². The third-order valence-electron chi connectivity index (χ3n) is 5.00. The van der Waals surface area contributed by atoms with Gasteiger partial charge in [0.1, 0.15) is 5.82 Å². The predicted octanol–water partition coefficient (Wildman–Crippen LogP) is 1.27. The maximum Gasteiger partial charge on any atom is 0.271 e. The van der Waals surface area contributed by atoms with Gasteiger partial charge in [0.15, 0.2) is 6.54 Å². The van der Waals surface area contributed by atoms with Gasteiger partial charge in [-0.15, -0.1) is 10.2 Å². The van der Waals surface area contributed by atoms with Crippen LogP contribution < -0.4 is 4.90 Å². The second-order valence-electron chi connectivity index (χ2n) is 7.16. The van der Waals surface area contributed by atoms with Crippen LogP contribution in [0.2, 0.25) is 0 Å². The van der Waals surface area contributed by atoms with E-state index >= 15 is 0 Å². The number of sulfonamides is 1. The van der Waals surface area contributed by atoms with E-state index in [1.165, 1.54) is 22.5 Å². The summed E-state index contributed by atoms with van der Waals surface area (Å²) in [6.07, 6.45) is 0. The molecule has 3 aromatic rings. The molecule has 29 heavy (non-hydrogen) atoms. The van der Waals surface area contributed by atoms with Gasteiger partial charge >= 0.3 is 0 Å². The van der Waals surface area contributed by atoms with Gasteiger partial charge in [-0.3, -0.25) is 0 Å². The van der Waals surface area contributed by atoms with Crippen molar-refractivity contribution in [1.82, 2.24) is 14.5 Å². The molecule has 0 atom stereocenters. The number of benzene rings is 2. The first-order valence-corrected chi connectivity index (χ1v) is 10.8. The summed E-state index contributed by atoms with van der Waals surface area (Å²) in [5.74, 6) is 0.449. The first kappa shape index (κ1) is 19.7. The van der Waals surface area contributed by atoms with Gasteiger partial charge in [-0.2, -0.15) is 4.31 Å². The lowest BCUT2D eigenvalue weighted by atomic mass is 10.1. The van der Waals surface area contributed by atoms with E-state index in [4.69, 9.17) is 4.42 Å². The fourth-order valence-corrected chi connectivity index (χ4v) is 4.90. The lowest BCUT2D eigenvalue weighted by Gasteiger charge is -2.30. The zero-order valence-corrected chi connectivity index (χ0v) is 16.8. The summed E-state index contributed by atoms with van der Waals surface area (Å²) >= 11 is 0. The molecule has 0 bridgehead atoms. The van der Waals surface area contributed by atoms with Gasteiger partial charge < -0.3 is 9.32 Å². The predicted molar refractivity (Wildman–Crippen MR) is 104 cm³/mol. The summed E-state index contributed by atoms with van der Waals surface area (Å²) in [6, 6.07) is 13.0. The highest BCUT2D eigenvalue weighted by atomic mass is 32.2. The van der Waals surface area contributed by atoms with Gasteiger partial charge in [0.2, 0.25) is 15.9 Å². The van der Waals surface area contributed by atoms with E-state index in [2.05, 4.69) is 10.2 Å². The molecule has 1 fully saturated rings. The molecule has 2 heterocycles. The summed E-state index contributed by atoms with van der Waals surface area (Å²) in [5.41, 5.74) is 1.99. The highest BCUT2D eigenvalue weighted by molar-refractivity contribution is 7.89. The number of nitrogens with zero attached hydrogens (tertiary/aromatic N) is 3. The lowest BCUT2D eigenvalue weighted by molar-refractivity contribution is -0.918. The van der Waals surface area contributed by atoms with Crippen molar-refractivity contribution in [2.24, 2.45) is 0 Å². The third-order valence-corrected chi connectivity index (χ3v) is 6.89. The highest BCUT2D eigenvalue weighted by Gasteiger charge is 2.31. The zero-order chi connectivity index (χ0) is 20.4. The van der Waals surface area contributed by atoms with Crippen molar-refractivity contribution < 1.29 is 22.1 Å². The molecule has 152 valence electrons. The van der Waals surface area contributed by atoms with Gasteiger partial charge in [-0.05, 0) is 37.3 Å². The molecule has 2 aromatic carbocycles. The van der Waals surface area contributed by atoms with Crippen LogP contribution in [0.3, 0.4) is 0 Å². The standard InChI is InChI=1S/C20H21FN4O3S/c1-15-4-2-5-16(12-15)20-23-22-19(28-20)14-24-8-10-25(11-9-24)29(26,27)18-7-3-6-17(21)13-18/h2-7,12-13H,8-11,14H2,1H3/p+1. The molecule has 1 N–H and O–H groups in total. The molecular formula is C20H22FN4O3S+. The number of quaternary nitrogens is 1. The molecule has 1 aliphatic heterocycles. The van der Waals surface area contributed by atoms with Crippen LogP contribution in [0, 0.1) is 12.7 Å². The van der Waals surface area contributed by atoms with Crippen molar-refractivity contribution in [3.8, 4) is 11.5 Å². The maximum atomic E-state index is 13.4. The number of halogens is 1. The molecular weight excluding hydrogens is 395 g/mol. The van der Waals surface area contributed by atoms with Crippen LogP contribution in [0.25, 0.3) is 11.5 Å². The summed E-state index contributed by atoms with van der Waals surface area (Å²) in [7, 11) is -3.69. The quantitative estimate of drug-likeness (QED) is 0.676. The monoisotopic (exact) mass is 417 g/mol. The van der Waals surface area contributed by atoms with Crippen molar-refractivity contribution in [3.63, 3.8) is 0 Å². The molecule has 7 nitrogen and oxygen atoms in total. The van der Waals surface area contributed by atoms with E-state index < -0.39 is 15.8 Å². The summed E-state index contributed by atoms with van der Waals surface area (Å²) in [4.78, 5) is 1.15. The van der Waals surface area contributed by atoms with Crippen molar-refractivity contribution in [3.05, 3.63) is 65.8 Å². The van der Waals surface area contributed by atoms with Gasteiger partial charge in [-0.1, -0.05) is 23.8 Å². The van der Waals surface area contributed by atoms with E-state index in [9.17, 15) is 12.8 Å². The molecule has 0 spiro atoms. The Kier molecular flexibility index (Phi) is 5.44. The summed E-state index contributed by atoms with van der Waals surface area (Å²) < 4.78 is 46.0. The maximum absolute atomic E-state index is 13.4. The number of aromatic nitrogens is 2. The average Bonchev–Trinajstić information content (AvgIpc) is 3.17. The molecule has 4 rings (SSSR count). The van der Waals surface area contributed by atoms with Crippen LogP contribution >= 0.6 is 0 Å². The minimum absolute atomic E-state index is 0.0133. The Morgan fingerprint density at radius 1 is 1.10 bits per heavy atom. The Morgan fingerprint density at radius 3 is 2.59 bits per heavy atom. The fraction of sp³-hybridized carbons (Fsp3) is 0.300. The number of rotatable bonds is 5. The van der Waals surface area contributed by atoms with Crippen LogP contribution in [0.15, 0.2) is 57.8 Å². The highest BCUT2D eigenvalue weighted by Crippen LogP contribution is 2.19. The minimum atomic E-state index is -3.69. The SMILES string of the molecule is Cc1cccc(-c2nnc(C[NH+]3CCN(S(=O)(=O)c4cccc(F)c4)CC3)o2)c1. The van der Waals surface area contributed by atoms with E-state index in [-0.39, 0.29) is 4.90 Å². The Labute approximate surface area is 168 Å². The Hall–Kier alpha value is -2.62. The van der Waals surface area contributed by atoms with Crippen molar-refractivity contribution >= 4 is 10.0 Å². The molecule has 1 aliphatic rings. The second-order valence-corrected chi connectivity index (χ2v) is 9.10. The lowest BCUT2D eigenvalue weighted by Crippen LogP contribution is -3.13. The van der Waals surface area contributed by atoms with E-state index in [1.54, 1.807) is 0 Å². The summed E-state index contributed by atoms with van der Waals surface area (Å²) in [6.45, 7) is 4.46. The van der Waals surface area contributed by atoms with Gasteiger partial charge in [-0.25, -0.2) is 12.8 Å². The van der Waals surface area contributed by atoms with Crippen molar-refractivity contribution in [2.45, 2.75) is 18.4 Å². The molecule has 0 amide bonds. The topological polar surface area (TPSA) is 80.7 Å². The van der Waals surface area contributed by atoms with Crippen LogP contribution in [0.4, 0.5) is 4.39 Å². The van der Waals surface area contributed by atoms with E-state index in [0.29, 0.717) is 44.5 Å². The van der Waals surface area contributed by atoms with Crippen LogP contribution in [0.5, 0.6) is 0 Å². The number of aryl methyl sites for hydroxylation is 1. The normalized spacial score (nSPS) is 16.2. The fourth-order valence-electron chi connectivity index (χ4n) is 3.43. The molecule has 1 aromatic heterocycles. The third kappa shape index (κ3) is 4.36. The number of nitrogens with one attached hydrogen (secondary N) is 1. The van der Waals surface area contributed by atoms with Crippen LogP contribution in [-0.4, -0.2) is 49.1 Å². The Balaban J connectivity index is 1.38. The average molecular weight is 417 g/mol. The number of piperazine rings is 1. The van der Waals surface area contributed by atoms with Crippen molar-refractivity contribution in [1.29, 1.82) is 0 Å². The first-order chi connectivity index (χ1) is 13.9. The first-order valence-electron chi connectivity index (χ1n) is 9.40.